The molecule has 164 valence electrons. The number of hydrogen-bond acceptors (Lipinski definition) is 6. The fraction of sp³-hybridized carbons (Fsp3) is 0.167. The maximum Gasteiger partial charge on any atom is 0.300 e. The Kier molecular flexibility index (Phi) is 5.95. The molecule has 0 aliphatic carbocycles. The van der Waals surface area contributed by atoms with Gasteiger partial charge in [-0.1, -0.05) is 23.7 Å². The smallest absolute Gasteiger partial charge is 0.300 e. The van der Waals surface area contributed by atoms with Crippen molar-refractivity contribution in [3.8, 4) is 11.5 Å². The minimum Gasteiger partial charge on any atom is -0.507 e. The van der Waals surface area contributed by atoms with Crippen molar-refractivity contribution < 1.29 is 24.2 Å². The predicted octanol–water partition coefficient (Wildman–Crippen LogP) is 5.35. The molecule has 1 saturated heterocycles. The minimum absolute atomic E-state index is 0.00127. The van der Waals surface area contributed by atoms with Gasteiger partial charge in [0.15, 0.2) is 11.5 Å². The molecule has 0 spiro atoms. The van der Waals surface area contributed by atoms with E-state index in [2.05, 4.69) is 0 Å². The van der Waals surface area contributed by atoms with Crippen LogP contribution in [0, 0.1) is 6.92 Å². The van der Waals surface area contributed by atoms with Crippen LogP contribution in [0.25, 0.3) is 5.76 Å². The van der Waals surface area contributed by atoms with Crippen LogP contribution in [-0.4, -0.2) is 31.0 Å². The second-order valence-corrected chi connectivity index (χ2v) is 8.57. The Morgan fingerprint density at radius 3 is 2.44 bits per heavy atom. The van der Waals surface area contributed by atoms with E-state index in [1.807, 2.05) is 24.4 Å². The molecule has 0 bridgehead atoms. The van der Waals surface area contributed by atoms with Gasteiger partial charge < -0.3 is 14.6 Å². The molecule has 1 aliphatic rings. The van der Waals surface area contributed by atoms with E-state index in [0.717, 1.165) is 10.4 Å². The fourth-order valence-corrected chi connectivity index (χ4v) is 4.68. The Bertz CT molecular complexity index is 1240. The Balaban J connectivity index is 1.91. The molecule has 1 unspecified atom stereocenters. The number of aliphatic hydroxyl groups is 1. The SMILES string of the molecule is COc1ccc(/C(O)=C2/C(=O)C(=O)N(c3ccc(C)c(Cl)c3)C2c2cccs2)cc1OC. The highest BCUT2D eigenvalue weighted by Crippen LogP contribution is 2.44. The number of nitrogens with zero attached hydrogens (tertiary/aromatic N) is 1. The van der Waals surface area contributed by atoms with Gasteiger partial charge in [-0.05, 0) is 54.3 Å². The van der Waals surface area contributed by atoms with Crippen molar-refractivity contribution in [3.05, 3.63) is 80.5 Å². The molecule has 6 nitrogen and oxygen atoms in total. The van der Waals surface area contributed by atoms with Crippen LogP contribution < -0.4 is 14.4 Å². The maximum absolute atomic E-state index is 13.1. The highest BCUT2D eigenvalue weighted by Gasteiger charge is 2.47. The van der Waals surface area contributed by atoms with Crippen LogP contribution >= 0.6 is 22.9 Å². The van der Waals surface area contributed by atoms with Crippen molar-refractivity contribution in [3.63, 3.8) is 0 Å². The van der Waals surface area contributed by atoms with Crippen molar-refractivity contribution in [2.75, 3.05) is 19.1 Å². The van der Waals surface area contributed by atoms with Gasteiger partial charge in [0, 0.05) is 21.2 Å². The lowest BCUT2D eigenvalue weighted by Gasteiger charge is -2.24. The second kappa shape index (κ2) is 8.68. The maximum atomic E-state index is 13.1. The van der Waals surface area contributed by atoms with E-state index >= 15 is 0 Å². The number of methoxy groups -OCH3 is 2. The van der Waals surface area contributed by atoms with Gasteiger partial charge in [0.25, 0.3) is 11.7 Å². The van der Waals surface area contributed by atoms with Crippen molar-refractivity contribution in [2.24, 2.45) is 0 Å². The van der Waals surface area contributed by atoms with Crippen molar-refractivity contribution >= 4 is 46.1 Å². The van der Waals surface area contributed by atoms with E-state index in [4.69, 9.17) is 21.1 Å². The molecular weight excluding hydrogens is 450 g/mol. The number of aryl methyl sites for hydroxylation is 1. The van der Waals surface area contributed by atoms with E-state index in [1.54, 1.807) is 36.4 Å². The number of hydrogen-bond donors (Lipinski definition) is 1. The van der Waals surface area contributed by atoms with Gasteiger partial charge in [0.05, 0.1) is 19.8 Å². The van der Waals surface area contributed by atoms with Crippen LogP contribution in [0.1, 0.15) is 22.0 Å². The van der Waals surface area contributed by atoms with E-state index in [1.165, 1.54) is 30.5 Å². The Morgan fingerprint density at radius 1 is 1.06 bits per heavy atom. The molecule has 32 heavy (non-hydrogen) atoms. The highest BCUT2D eigenvalue weighted by molar-refractivity contribution is 7.10. The number of Topliss-reactive ketones (excluding diaryl/α,β-unsaturated/α-hetero) is 1. The zero-order valence-electron chi connectivity index (χ0n) is 17.6. The van der Waals surface area contributed by atoms with Gasteiger partial charge in [0.1, 0.15) is 11.8 Å². The third-order valence-corrected chi connectivity index (χ3v) is 6.68. The Labute approximate surface area is 194 Å². The summed E-state index contributed by atoms with van der Waals surface area (Å²) in [5.41, 5.74) is 1.67. The zero-order chi connectivity index (χ0) is 23.0. The number of carbonyl (C=O) groups excluding carboxylic acids is 2. The Morgan fingerprint density at radius 2 is 1.81 bits per heavy atom. The molecule has 2 aromatic carbocycles. The molecule has 1 aliphatic heterocycles. The normalized spacial score (nSPS) is 17.6. The first kappa shape index (κ1) is 21.9. The summed E-state index contributed by atoms with van der Waals surface area (Å²) in [5, 5.41) is 13.5. The number of ether oxygens (including phenoxy) is 2. The number of amides is 1. The van der Waals surface area contributed by atoms with Crippen molar-refractivity contribution in [2.45, 2.75) is 13.0 Å². The van der Waals surface area contributed by atoms with Gasteiger partial charge in [-0.2, -0.15) is 0 Å². The van der Waals surface area contributed by atoms with Crippen LogP contribution in [0.3, 0.4) is 0 Å². The van der Waals surface area contributed by atoms with Crippen LogP contribution in [0.2, 0.25) is 5.02 Å². The van der Waals surface area contributed by atoms with Gasteiger partial charge in [-0.15, -0.1) is 11.3 Å². The van der Waals surface area contributed by atoms with Gasteiger partial charge in [0.2, 0.25) is 0 Å². The van der Waals surface area contributed by atoms with E-state index < -0.39 is 17.7 Å². The average molecular weight is 470 g/mol. The minimum atomic E-state index is -0.790. The molecule has 1 fully saturated rings. The summed E-state index contributed by atoms with van der Waals surface area (Å²) < 4.78 is 10.6. The first-order valence-corrected chi connectivity index (χ1v) is 11.0. The number of benzene rings is 2. The number of rotatable bonds is 5. The average Bonchev–Trinajstić information content (AvgIpc) is 3.42. The number of carbonyl (C=O) groups is 2. The molecule has 1 amide bonds. The van der Waals surface area contributed by atoms with E-state index in [0.29, 0.717) is 27.8 Å². The van der Waals surface area contributed by atoms with E-state index in [9.17, 15) is 14.7 Å². The molecule has 1 N–H and O–H groups in total. The molecule has 8 heteroatoms. The Hall–Kier alpha value is -3.29. The molecule has 0 radical (unpaired) electrons. The third-order valence-electron chi connectivity index (χ3n) is 5.35. The van der Waals surface area contributed by atoms with Gasteiger partial charge in [-0.3, -0.25) is 14.5 Å². The van der Waals surface area contributed by atoms with Crippen LogP contribution in [0.15, 0.2) is 59.5 Å². The van der Waals surface area contributed by atoms with E-state index in [-0.39, 0.29) is 11.3 Å². The van der Waals surface area contributed by atoms with Crippen molar-refractivity contribution in [1.82, 2.24) is 0 Å². The first-order valence-electron chi connectivity index (χ1n) is 9.70. The number of thiophene rings is 1. The molecule has 1 atom stereocenters. The number of ketones is 1. The zero-order valence-corrected chi connectivity index (χ0v) is 19.2. The summed E-state index contributed by atoms with van der Waals surface area (Å²) in [6, 6.07) is 12.9. The topological polar surface area (TPSA) is 76.1 Å². The first-order chi connectivity index (χ1) is 15.4. The molecular formula is C24H20ClNO5S. The molecule has 2 heterocycles. The quantitative estimate of drug-likeness (QED) is 0.309. The third kappa shape index (κ3) is 3.63. The largest absolute Gasteiger partial charge is 0.507 e. The van der Waals surface area contributed by atoms with Gasteiger partial charge >= 0.3 is 0 Å². The number of aliphatic hydroxyl groups excluding tert-OH is 1. The fourth-order valence-electron chi connectivity index (χ4n) is 3.69. The lowest BCUT2D eigenvalue weighted by atomic mass is 9.99. The standard InChI is InChI=1S/C24H20ClNO5S/c1-13-6-8-15(12-16(13)25)26-21(19-5-4-10-32-19)20(23(28)24(26)29)22(27)14-7-9-17(30-2)18(11-14)31-3/h4-12,21,27H,1-3H3/b22-20-. The summed E-state index contributed by atoms with van der Waals surface area (Å²) in [5.74, 6) is -0.918. The summed E-state index contributed by atoms with van der Waals surface area (Å²) in [6.07, 6.45) is 0. The van der Waals surface area contributed by atoms with Crippen LogP contribution in [0.5, 0.6) is 11.5 Å². The second-order valence-electron chi connectivity index (χ2n) is 7.19. The predicted molar refractivity (Wildman–Crippen MR) is 125 cm³/mol. The van der Waals surface area contributed by atoms with Crippen LogP contribution in [-0.2, 0) is 9.59 Å². The summed E-state index contributed by atoms with van der Waals surface area (Å²) in [6.45, 7) is 1.86. The lowest BCUT2D eigenvalue weighted by Crippen LogP contribution is -2.29. The molecule has 3 aromatic rings. The molecule has 4 rings (SSSR count). The summed E-state index contributed by atoms with van der Waals surface area (Å²) >= 11 is 7.69. The molecule has 0 saturated carbocycles. The lowest BCUT2D eigenvalue weighted by molar-refractivity contribution is -0.132. The van der Waals surface area contributed by atoms with Crippen LogP contribution in [0.4, 0.5) is 5.69 Å². The molecule has 1 aromatic heterocycles. The summed E-state index contributed by atoms with van der Waals surface area (Å²) in [4.78, 5) is 28.4. The monoisotopic (exact) mass is 469 g/mol. The number of anilines is 1. The van der Waals surface area contributed by atoms with Crippen molar-refractivity contribution in [1.29, 1.82) is 0 Å². The summed E-state index contributed by atoms with van der Waals surface area (Å²) in [7, 11) is 2.99. The number of halogens is 1. The van der Waals surface area contributed by atoms with Gasteiger partial charge in [-0.25, -0.2) is 0 Å². The highest BCUT2D eigenvalue weighted by atomic mass is 35.5.